The molecule has 6 heteroatoms. The first-order valence-corrected chi connectivity index (χ1v) is 11.9. The second kappa shape index (κ2) is 8.52. The lowest BCUT2D eigenvalue weighted by Gasteiger charge is -2.04. The molecule has 2 heterocycles. The van der Waals surface area contributed by atoms with Gasteiger partial charge in [0, 0.05) is 37.6 Å². The fraction of sp³-hybridized carbons (Fsp3) is 0. The number of thiazole rings is 2. The van der Waals surface area contributed by atoms with E-state index < -0.39 is 0 Å². The highest BCUT2D eigenvalue weighted by atomic mass is 79.9. The highest BCUT2D eigenvalue weighted by molar-refractivity contribution is 9.10. The molecule has 0 spiro atoms. The number of nitrogens with one attached hydrogen (secondary N) is 1. The summed E-state index contributed by atoms with van der Waals surface area (Å²) < 4.78 is 1.07. The molecule has 30 heavy (non-hydrogen) atoms. The summed E-state index contributed by atoms with van der Waals surface area (Å²) in [5.41, 5.74) is 6.34. The molecule has 0 aliphatic heterocycles. The summed E-state index contributed by atoms with van der Waals surface area (Å²) in [5.74, 6) is 0. The average molecular weight is 490 g/mol. The molecule has 0 saturated heterocycles. The van der Waals surface area contributed by atoms with Crippen LogP contribution in [0.4, 0.5) is 10.8 Å². The quantitative estimate of drug-likeness (QED) is 0.270. The van der Waals surface area contributed by atoms with Crippen molar-refractivity contribution >= 4 is 49.4 Å². The van der Waals surface area contributed by atoms with Gasteiger partial charge >= 0.3 is 0 Å². The van der Waals surface area contributed by atoms with E-state index in [-0.39, 0.29) is 0 Å². The number of halogens is 1. The zero-order valence-electron chi connectivity index (χ0n) is 15.7. The summed E-state index contributed by atoms with van der Waals surface area (Å²) in [7, 11) is 0. The lowest BCUT2D eigenvalue weighted by molar-refractivity contribution is 1.38. The first-order valence-electron chi connectivity index (χ1n) is 9.34. The largest absolute Gasteiger partial charge is 0.332 e. The Balaban J connectivity index is 1.30. The van der Waals surface area contributed by atoms with Crippen LogP contribution in [0.5, 0.6) is 0 Å². The minimum Gasteiger partial charge on any atom is -0.332 e. The summed E-state index contributed by atoms with van der Waals surface area (Å²) >= 11 is 6.74. The summed E-state index contributed by atoms with van der Waals surface area (Å²) in [6.45, 7) is 0. The Bertz CT molecular complexity index is 1260. The van der Waals surface area contributed by atoms with Crippen molar-refractivity contribution in [3.05, 3.63) is 94.1 Å². The van der Waals surface area contributed by atoms with E-state index in [2.05, 4.69) is 80.5 Å². The molecule has 0 unspecified atom stereocenters. The van der Waals surface area contributed by atoms with Crippen LogP contribution in [0.2, 0.25) is 0 Å². The van der Waals surface area contributed by atoms with Crippen LogP contribution in [0.3, 0.4) is 0 Å². The Morgan fingerprint density at radius 3 is 2.00 bits per heavy atom. The van der Waals surface area contributed by atoms with Crippen LogP contribution in [0.1, 0.15) is 0 Å². The van der Waals surface area contributed by atoms with Crippen molar-refractivity contribution < 1.29 is 0 Å². The summed E-state index contributed by atoms with van der Waals surface area (Å²) in [6, 6.07) is 26.8. The maximum atomic E-state index is 4.79. The molecule has 5 aromatic rings. The maximum Gasteiger partial charge on any atom is 0.187 e. The van der Waals surface area contributed by atoms with E-state index in [1.807, 2.05) is 30.3 Å². The Morgan fingerprint density at radius 2 is 1.27 bits per heavy atom. The monoisotopic (exact) mass is 489 g/mol. The Kier molecular flexibility index (Phi) is 5.45. The van der Waals surface area contributed by atoms with Crippen LogP contribution in [-0.2, 0) is 0 Å². The van der Waals surface area contributed by atoms with Crippen molar-refractivity contribution in [1.82, 2.24) is 9.97 Å². The van der Waals surface area contributed by atoms with Gasteiger partial charge in [0.15, 0.2) is 5.13 Å². The number of rotatable bonds is 5. The van der Waals surface area contributed by atoms with E-state index in [0.717, 1.165) is 48.4 Å². The number of anilines is 2. The molecule has 5 rings (SSSR count). The molecule has 1 N–H and O–H groups in total. The highest BCUT2D eigenvalue weighted by Crippen LogP contribution is 2.31. The van der Waals surface area contributed by atoms with Crippen molar-refractivity contribution in [2.24, 2.45) is 0 Å². The summed E-state index contributed by atoms with van der Waals surface area (Å²) in [5, 5.41) is 9.49. The number of hydrogen-bond acceptors (Lipinski definition) is 5. The van der Waals surface area contributed by atoms with Gasteiger partial charge in [-0.05, 0) is 24.3 Å². The second-order valence-electron chi connectivity index (χ2n) is 6.65. The molecule has 0 saturated carbocycles. The molecule has 0 aliphatic carbocycles. The zero-order valence-corrected chi connectivity index (χ0v) is 19.0. The second-order valence-corrected chi connectivity index (χ2v) is 9.28. The van der Waals surface area contributed by atoms with E-state index in [1.54, 1.807) is 22.7 Å². The SMILES string of the molecule is Brc1ccc(-c2csc(Nc3ccc(-c4csc(-c5ccccc5)n4)cc3)n2)cc1. The van der Waals surface area contributed by atoms with Gasteiger partial charge in [-0.2, -0.15) is 0 Å². The third-order valence-corrected chi connectivity index (χ3v) is 6.78. The van der Waals surface area contributed by atoms with Gasteiger partial charge in [-0.15, -0.1) is 22.7 Å². The van der Waals surface area contributed by atoms with Gasteiger partial charge in [-0.3, -0.25) is 0 Å². The number of hydrogen-bond donors (Lipinski definition) is 1. The van der Waals surface area contributed by atoms with Gasteiger partial charge < -0.3 is 5.32 Å². The smallest absolute Gasteiger partial charge is 0.187 e. The lowest BCUT2D eigenvalue weighted by atomic mass is 10.1. The van der Waals surface area contributed by atoms with Crippen LogP contribution in [-0.4, -0.2) is 9.97 Å². The average Bonchev–Trinajstić information content (AvgIpc) is 3.46. The number of benzene rings is 3. The number of nitrogens with zero attached hydrogens (tertiary/aromatic N) is 2. The summed E-state index contributed by atoms with van der Waals surface area (Å²) in [6.07, 6.45) is 0. The lowest BCUT2D eigenvalue weighted by Crippen LogP contribution is -1.89. The van der Waals surface area contributed by atoms with Crippen LogP contribution in [0.25, 0.3) is 33.1 Å². The maximum absolute atomic E-state index is 4.79. The Hall–Kier alpha value is -2.80. The molecule has 0 bridgehead atoms. The van der Waals surface area contributed by atoms with Crippen molar-refractivity contribution in [3.63, 3.8) is 0 Å². The van der Waals surface area contributed by atoms with Gasteiger partial charge in [0.2, 0.25) is 0 Å². The minimum atomic E-state index is 0.876. The fourth-order valence-electron chi connectivity index (χ4n) is 3.05. The van der Waals surface area contributed by atoms with E-state index in [9.17, 15) is 0 Å². The van der Waals surface area contributed by atoms with E-state index in [1.165, 1.54) is 0 Å². The Labute approximate surface area is 191 Å². The fourth-order valence-corrected chi connectivity index (χ4v) is 4.89. The first-order chi connectivity index (χ1) is 14.7. The third-order valence-electron chi connectivity index (χ3n) is 4.60. The van der Waals surface area contributed by atoms with Gasteiger partial charge in [0.1, 0.15) is 5.01 Å². The molecule has 0 amide bonds. The molecule has 3 nitrogen and oxygen atoms in total. The van der Waals surface area contributed by atoms with Crippen molar-refractivity contribution in [2.75, 3.05) is 5.32 Å². The molecular formula is C24H16BrN3S2. The minimum absolute atomic E-state index is 0.876. The van der Waals surface area contributed by atoms with E-state index in [4.69, 9.17) is 9.97 Å². The third kappa shape index (κ3) is 4.21. The highest BCUT2D eigenvalue weighted by Gasteiger charge is 2.08. The molecular weight excluding hydrogens is 474 g/mol. The molecule has 0 fully saturated rings. The summed E-state index contributed by atoms with van der Waals surface area (Å²) in [4.78, 5) is 9.50. The first kappa shape index (κ1) is 19.2. The molecule has 3 aromatic carbocycles. The zero-order chi connectivity index (χ0) is 20.3. The van der Waals surface area contributed by atoms with Crippen LogP contribution >= 0.6 is 38.6 Å². The molecule has 0 radical (unpaired) electrons. The van der Waals surface area contributed by atoms with Crippen LogP contribution < -0.4 is 5.32 Å². The normalized spacial score (nSPS) is 10.8. The van der Waals surface area contributed by atoms with Gasteiger partial charge in [-0.25, -0.2) is 9.97 Å². The molecule has 2 aromatic heterocycles. The van der Waals surface area contributed by atoms with Crippen molar-refractivity contribution in [1.29, 1.82) is 0 Å². The van der Waals surface area contributed by atoms with Crippen LogP contribution in [0, 0.1) is 0 Å². The topological polar surface area (TPSA) is 37.8 Å². The van der Waals surface area contributed by atoms with E-state index >= 15 is 0 Å². The molecule has 0 atom stereocenters. The number of aromatic nitrogens is 2. The van der Waals surface area contributed by atoms with E-state index in [0.29, 0.717) is 0 Å². The van der Waals surface area contributed by atoms with Crippen molar-refractivity contribution in [3.8, 4) is 33.1 Å². The predicted molar refractivity (Wildman–Crippen MR) is 132 cm³/mol. The molecule has 146 valence electrons. The van der Waals surface area contributed by atoms with Gasteiger partial charge in [0.25, 0.3) is 0 Å². The van der Waals surface area contributed by atoms with Gasteiger partial charge in [0.05, 0.1) is 11.4 Å². The molecule has 0 aliphatic rings. The standard InChI is InChI=1S/C24H16BrN3S2/c25-19-10-6-16(7-11-19)22-15-30-24(28-22)26-20-12-8-17(9-13-20)21-14-29-23(27-21)18-4-2-1-3-5-18/h1-15H,(H,26,28). The predicted octanol–water partition coefficient (Wildman–Crippen LogP) is 8.11. The van der Waals surface area contributed by atoms with Gasteiger partial charge in [-0.1, -0.05) is 70.5 Å². The van der Waals surface area contributed by atoms with Crippen molar-refractivity contribution in [2.45, 2.75) is 0 Å². The Morgan fingerprint density at radius 1 is 0.633 bits per heavy atom. The van der Waals surface area contributed by atoms with Crippen LogP contribution in [0.15, 0.2) is 94.1 Å².